The number of nitrogens with zero attached hydrogens (tertiary/aromatic N) is 2. The highest BCUT2D eigenvalue weighted by Gasteiger charge is 2.16. The summed E-state index contributed by atoms with van der Waals surface area (Å²) < 4.78 is 10.5. The molecule has 6 heteroatoms. The highest BCUT2D eigenvalue weighted by atomic mass is 35.5. The molecular weight excluding hydrogens is 304 g/mol. The lowest BCUT2D eigenvalue weighted by Gasteiger charge is -2.30. The van der Waals surface area contributed by atoms with E-state index in [1.54, 1.807) is 7.11 Å². The van der Waals surface area contributed by atoms with Crippen molar-refractivity contribution in [2.45, 2.75) is 12.6 Å². The van der Waals surface area contributed by atoms with Gasteiger partial charge in [-0.2, -0.15) is 0 Å². The van der Waals surface area contributed by atoms with Crippen molar-refractivity contribution in [1.29, 1.82) is 0 Å². The number of morpholine rings is 1. The van der Waals surface area contributed by atoms with Gasteiger partial charge >= 0.3 is 0 Å². The van der Waals surface area contributed by atoms with Crippen LogP contribution in [0.3, 0.4) is 0 Å². The summed E-state index contributed by atoms with van der Waals surface area (Å²) in [7, 11) is 3.61. The van der Waals surface area contributed by atoms with Gasteiger partial charge in [-0.15, -0.1) is 0 Å². The van der Waals surface area contributed by atoms with Crippen molar-refractivity contribution in [3.8, 4) is 5.75 Å². The molecule has 0 radical (unpaired) electrons. The zero-order chi connectivity index (χ0) is 15.9. The molecule has 0 aliphatic carbocycles. The minimum atomic E-state index is -0.375. The molecule has 0 bridgehead atoms. The van der Waals surface area contributed by atoms with E-state index in [0.29, 0.717) is 24.7 Å². The minimum absolute atomic E-state index is 0.375. The molecule has 2 rings (SSSR count). The van der Waals surface area contributed by atoms with Crippen LogP contribution < -0.4 is 4.74 Å². The van der Waals surface area contributed by atoms with Crippen molar-refractivity contribution in [2.75, 3.05) is 53.6 Å². The lowest BCUT2D eigenvalue weighted by atomic mass is 10.2. The molecular formula is C16H25ClN2O3. The number of ether oxygens (including phenoxy) is 2. The van der Waals surface area contributed by atoms with Gasteiger partial charge in [0, 0.05) is 37.7 Å². The Bertz CT molecular complexity index is 467. The Morgan fingerprint density at radius 2 is 2.14 bits per heavy atom. The molecule has 0 amide bonds. The average Bonchev–Trinajstić information content (AvgIpc) is 2.50. The van der Waals surface area contributed by atoms with E-state index in [9.17, 15) is 5.11 Å². The monoisotopic (exact) mass is 328 g/mol. The molecule has 1 atom stereocenters. The summed E-state index contributed by atoms with van der Waals surface area (Å²) in [4.78, 5) is 4.32. The largest absolute Gasteiger partial charge is 0.497 e. The average molecular weight is 329 g/mol. The van der Waals surface area contributed by atoms with Gasteiger partial charge in [-0.3, -0.25) is 9.80 Å². The van der Waals surface area contributed by atoms with Gasteiger partial charge < -0.3 is 14.6 Å². The second kappa shape index (κ2) is 8.70. The molecule has 1 saturated heterocycles. The number of β-amino-alcohol motifs (C(OH)–C–C–N with tert-alkyl or cyclic N) is 1. The van der Waals surface area contributed by atoms with Gasteiger partial charge in [0.05, 0.1) is 26.4 Å². The molecule has 5 nitrogen and oxygen atoms in total. The third-order valence-corrected chi connectivity index (χ3v) is 4.15. The molecule has 1 N–H and O–H groups in total. The summed E-state index contributed by atoms with van der Waals surface area (Å²) in [6, 6.07) is 5.68. The fourth-order valence-electron chi connectivity index (χ4n) is 2.64. The number of hydrogen-bond donors (Lipinski definition) is 1. The van der Waals surface area contributed by atoms with Crippen molar-refractivity contribution in [3.63, 3.8) is 0 Å². The number of aliphatic hydroxyl groups is 1. The lowest BCUT2D eigenvalue weighted by molar-refractivity contribution is 0.00825. The smallest absolute Gasteiger partial charge is 0.120 e. The van der Waals surface area contributed by atoms with Crippen LogP contribution in [0, 0.1) is 0 Å². The quantitative estimate of drug-likeness (QED) is 0.821. The van der Waals surface area contributed by atoms with E-state index in [0.717, 1.165) is 37.6 Å². The van der Waals surface area contributed by atoms with Crippen LogP contribution in [-0.2, 0) is 11.3 Å². The molecule has 1 heterocycles. The van der Waals surface area contributed by atoms with Crippen LogP contribution in [0.4, 0.5) is 0 Å². The molecule has 0 spiro atoms. The predicted octanol–water partition coefficient (Wildman–Crippen LogP) is 1.47. The first-order chi connectivity index (χ1) is 10.6. The van der Waals surface area contributed by atoms with E-state index < -0.39 is 0 Å². The number of rotatable bonds is 7. The zero-order valence-corrected chi connectivity index (χ0v) is 14.1. The van der Waals surface area contributed by atoms with Crippen molar-refractivity contribution in [1.82, 2.24) is 9.80 Å². The highest BCUT2D eigenvalue weighted by Crippen LogP contribution is 2.23. The molecule has 1 fully saturated rings. The van der Waals surface area contributed by atoms with E-state index in [-0.39, 0.29) is 6.10 Å². The second-order valence-electron chi connectivity index (χ2n) is 5.72. The van der Waals surface area contributed by atoms with Gasteiger partial charge in [0.2, 0.25) is 0 Å². The van der Waals surface area contributed by atoms with Gasteiger partial charge in [0.15, 0.2) is 0 Å². The maximum absolute atomic E-state index is 10.2. The topological polar surface area (TPSA) is 45.2 Å². The van der Waals surface area contributed by atoms with Crippen LogP contribution in [0.2, 0.25) is 5.02 Å². The maximum atomic E-state index is 10.2. The first-order valence-electron chi connectivity index (χ1n) is 7.57. The Kier molecular flexibility index (Phi) is 6.92. The second-order valence-corrected chi connectivity index (χ2v) is 6.13. The highest BCUT2D eigenvalue weighted by molar-refractivity contribution is 6.31. The number of likely N-dealkylation sites (N-methyl/N-ethyl adjacent to an activating group) is 1. The van der Waals surface area contributed by atoms with Gasteiger partial charge in [-0.1, -0.05) is 17.7 Å². The fourth-order valence-corrected chi connectivity index (χ4v) is 2.87. The number of halogens is 1. The zero-order valence-electron chi connectivity index (χ0n) is 13.3. The van der Waals surface area contributed by atoms with E-state index in [2.05, 4.69) is 9.80 Å². The van der Waals surface area contributed by atoms with Crippen molar-refractivity contribution >= 4 is 11.6 Å². The molecule has 0 saturated carbocycles. The Morgan fingerprint density at radius 3 is 2.77 bits per heavy atom. The van der Waals surface area contributed by atoms with Crippen molar-refractivity contribution in [2.24, 2.45) is 0 Å². The van der Waals surface area contributed by atoms with Gasteiger partial charge in [0.1, 0.15) is 5.75 Å². The van der Waals surface area contributed by atoms with Gasteiger partial charge in [-0.25, -0.2) is 0 Å². The number of methoxy groups -OCH3 is 1. The van der Waals surface area contributed by atoms with Crippen molar-refractivity contribution in [3.05, 3.63) is 28.8 Å². The van der Waals surface area contributed by atoms with Crippen LogP contribution in [-0.4, -0.2) is 74.6 Å². The molecule has 1 aromatic carbocycles. The summed E-state index contributed by atoms with van der Waals surface area (Å²) in [5, 5.41) is 10.9. The fraction of sp³-hybridized carbons (Fsp3) is 0.625. The first kappa shape index (κ1) is 17.5. The van der Waals surface area contributed by atoms with Gasteiger partial charge in [0.25, 0.3) is 0 Å². The van der Waals surface area contributed by atoms with Crippen LogP contribution in [0.15, 0.2) is 18.2 Å². The molecule has 1 aliphatic rings. The standard InChI is InChI=1S/C16H25ClN2O3/c1-18(10-13-3-4-15(21-2)9-16(13)17)11-14(20)12-19-5-7-22-8-6-19/h3-4,9,14,20H,5-8,10-12H2,1-2H3. The number of benzene rings is 1. The predicted molar refractivity (Wildman–Crippen MR) is 87.6 cm³/mol. The molecule has 124 valence electrons. The SMILES string of the molecule is COc1ccc(CN(C)CC(O)CN2CCOCC2)c(Cl)c1. The van der Waals surface area contributed by atoms with E-state index in [1.165, 1.54) is 0 Å². The summed E-state index contributed by atoms with van der Waals surface area (Å²) in [5.41, 5.74) is 1.03. The van der Waals surface area contributed by atoms with Crippen LogP contribution in [0.5, 0.6) is 5.75 Å². The number of aliphatic hydroxyl groups excluding tert-OH is 1. The maximum Gasteiger partial charge on any atom is 0.120 e. The molecule has 1 unspecified atom stereocenters. The summed E-state index contributed by atoms with van der Waals surface area (Å²) in [6.45, 7) is 5.29. The van der Waals surface area contributed by atoms with Crippen LogP contribution in [0.25, 0.3) is 0 Å². The Hall–Kier alpha value is -0.850. The van der Waals surface area contributed by atoms with Crippen LogP contribution in [0.1, 0.15) is 5.56 Å². The van der Waals surface area contributed by atoms with Gasteiger partial charge in [-0.05, 0) is 24.7 Å². The Morgan fingerprint density at radius 1 is 1.41 bits per heavy atom. The molecule has 1 aromatic rings. The van der Waals surface area contributed by atoms with E-state index >= 15 is 0 Å². The van der Waals surface area contributed by atoms with E-state index in [4.69, 9.17) is 21.1 Å². The van der Waals surface area contributed by atoms with Crippen LogP contribution >= 0.6 is 11.6 Å². The Labute approximate surface area is 137 Å². The summed E-state index contributed by atoms with van der Waals surface area (Å²) in [6.07, 6.45) is -0.375. The number of hydrogen-bond acceptors (Lipinski definition) is 5. The minimum Gasteiger partial charge on any atom is -0.497 e. The van der Waals surface area contributed by atoms with E-state index in [1.807, 2.05) is 25.2 Å². The third kappa shape index (κ3) is 5.41. The normalized spacial score (nSPS) is 17.7. The Balaban J connectivity index is 1.80. The van der Waals surface area contributed by atoms with Crippen molar-refractivity contribution < 1.29 is 14.6 Å². The summed E-state index contributed by atoms with van der Waals surface area (Å²) in [5.74, 6) is 0.753. The third-order valence-electron chi connectivity index (χ3n) is 3.80. The molecule has 1 aliphatic heterocycles. The summed E-state index contributed by atoms with van der Waals surface area (Å²) >= 11 is 6.25. The lowest BCUT2D eigenvalue weighted by Crippen LogP contribution is -2.43. The molecule has 22 heavy (non-hydrogen) atoms. The first-order valence-corrected chi connectivity index (χ1v) is 7.95. The molecule has 0 aromatic heterocycles.